The van der Waals surface area contributed by atoms with E-state index in [1.807, 2.05) is 57.4 Å². The fourth-order valence-electron chi connectivity index (χ4n) is 2.35. The number of carbonyl (C=O) groups is 1. The average molecular weight is 317 g/mol. The van der Waals surface area contributed by atoms with Crippen LogP contribution in [0.15, 0.2) is 47.1 Å². The predicted octanol–water partition coefficient (Wildman–Crippen LogP) is 1.36. The number of furan rings is 1. The van der Waals surface area contributed by atoms with E-state index in [-0.39, 0.29) is 11.9 Å². The highest BCUT2D eigenvalue weighted by molar-refractivity contribution is 5.76. The average Bonchev–Trinajstić information content (AvgIpc) is 3.01. The van der Waals surface area contributed by atoms with Gasteiger partial charge in [0, 0.05) is 0 Å². The van der Waals surface area contributed by atoms with Crippen LogP contribution in [0.4, 0.5) is 0 Å². The Hall–Kier alpha value is -2.27. The van der Waals surface area contributed by atoms with Crippen LogP contribution >= 0.6 is 0 Å². The van der Waals surface area contributed by atoms with Crippen molar-refractivity contribution in [2.45, 2.75) is 19.4 Å². The first-order chi connectivity index (χ1) is 11.1. The van der Waals surface area contributed by atoms with Crippen molar-refractivity contribution in [2.75, 3.05) is 27.2 Å². The molecule has 23 heavy (non-hydrogen) atoms. The number of carbonyl (C=O) groups excluding carboxylic acids is 1. The van der Waals surface area contributed by atoms with Gasteiger partial charge in [-0.25, -0.2) is 0 Å². The molecule has 1 aromatic carbocycles. The molecular weight excluding hydrogens is 292 g/mol. The zero-order valence-electron chi connectivity index (χ0n) is 14.0. The van der Waals surface area contributed by atoms with Gasteiger partial charge in [-0.15, -0.1) is 0 Å². The first-order valence-corrected chi connectivity index (χ1v) is 7.86. The summed E-state index contributed by atoms with van der Waals surface area (Å²) in [4.78, 5) is 13.2. The van der Waals surface area contributed by atoms with E-state index in [1.165, 1.54) is 4.90 Å². The number of amides is 1. The van der Waals surface area contributed by atoms with Crippen molar-refractivity contribution < 1.29 is 18.8 Å². The number of hydrogen-bond donors (Lipinski definition) is 2. The molecule has 2 rings (SSSR count). The Kier molecular flexibility index (Phi) is 6.23. The summed E-state index contributed by atoms with van der Waals surface area (Å²) in [5, 5.41) is 2.95. The van der Waals surface area contributed by atoms with Crippen LogP contribution < -0.4 is 15.0 Å². The van der Waals surface area contributed by atoms with Crippen molar-refractivity contribution in [1.29, 1.82) is 0 Å². The van der Waals surface area contributed by atoms with E-state index < -0.39 is 0 Å². The molecule has 124 valence electrons. The first-order valence-electron chi connectivity index (χ1n) is 7.86. The predicted molar refractivity (Wildman–Crippen MR) is 88.6 cm³/mol. The monoisotopic (exact) mass is 317 g/mol. The fraction of sp³-hybridized carbons (Fsp3) is 0.389. The van der Waals surface area contributed by atoms with Gasteiger partial charge in [-0.2, -0.15) is 0 Å². The molecule has 0 unspecified atom stereocenters. The maximum Gasteiger partial charge on any atom is 0.223 e. The lowest BCUT2D eigenvalue weighted by Crippen LogP contribution is -3.07. The number of rotatable bonds is 8. The summed E-state index contributed by atoms with van der Waals surface area (Å²) < 4.78 is 11.0. The number of aryl methyl sites for hydroxylation is 1. The van der Waals surface area contributed by atoms with Gasteiger partial charge in [-0.3, -0.25) is 4.79 Å². The van der Waals surface area contributed by atoms with Gasteiger partial charge in [0.05, 0.1) is 39.9 Å². The number of quaternary nitrogens is 1. The smallest absolute Gasteiger partial charge is 0.223 e. The highest BCUT2D eigenvalue weighted by Crippen LogP contribution is 2.12. The molecule has 1 aromatic heterocycles. The van der Waals surface area contributed by atoms with E-state index in [9.17, 15) is 4.79 Å². The molecule has 2 N–H and O–H groups in total. The lowest BCUT2D eigenvalue weighted by Gasteiger charge is -2.19. The van der Waals surface area contributed by atoms with E-state index in [4.69, 9.17) is 9.15 Å². The molecule has 0 radical (unpaired) electrons. The van der Waals surface area contributed by atoms with Crippen molar-refractivity contribution in [3.8, 4) is 5.75 Å². The topological polar surface area (TPSA) is 55.9 Å². The molecule has 0 bridgehead atoms. The summed E-state index contributed by atoms with van der Waals surface area (Å²) >= 11 is 0. The lowest BCUT2D eigenvalue weighted by molar-refractivity contribution is -0.891. The SMILES string of the molecule is Cc1cccc(OCCC(=O)NC[C@@H](c2ccco2)[NH+](C)C)c1. The Morgan fingerprint density at radius 2 is 2.13 bits per heavy atom. The molecule has 0 aliphatic heterocycles. The van der Waals surface area contributed by atoms with Gasteiger partial charge in [0.25, 0.3) is 0 Å². The molecule has 0 spiro atoms. The third-order valence-corrected chi connectivity index (χ3v) is 3.67. The van der Waals surface area contributed by atoms with Crippen LogP contribution in [0.3, 0.4) is 0 Å². The molecule has 5 heteroatoms. The van der Waals surface area contributed by atoms with Crippen molar-refractivity contribution in [3.05, 3.63) is 54.0 Å². The molecule has 2 aromatic rings. The highest BCUT2D eigenvalue weighted by atomic mass is 16.5. The van der Waals surface area contributed by atoms with Crippen LogP contribution in [0, 0.1) is 6.92 Å². The van der Waals surface area contributed by atoms with Gasteiger partial charge in [0.2, 0.25) is 5.91 Å². The molecule has 1 atom stereocenters. The molecule has 0 saturated carbocycles. The second kappa shape index (κ2) is 8.39. The van der Waals surface area contributed by atoms with Gasteiger partial charge in [-0.05, 0) is 36.8 Å². The summed E-state index contributed by atoms with van der Waals surface area (Å²) in [6.45, 7) is 2.92. The largest absolute Gasteiger partial charge is 0.493 e. The summed E-state index contributed by atoms with van der Waals surface area (Å²) in [6, 6.07) is 11.7. The zero-order valence-corrected chi connectivity index (χ0v) is 14.0. The highest BCUT2D eigenvalue weighted by Gasteiger charge is 2.21. The Labute approximate surface area is 137 Å². The molecule has 0 aliphatic carbocycles. The van der Waals surface area contributed by atoms with E-state index in [1.54, 1.807) is 6.26 Å². The summed E-state index contributed by atoms with van der Waals surface area (Å²) in [5.74, 6) is 1.65. The molecule has 1 amide bonds. The lowest BCUT2D eigenvalue weighted by atomic mass is 10.2. The second-order valence-corrected chi connectivity index (χ2v) is 5.86. The van der Waals surface area contributed by atoms with Crippen molar-refractivity contribution >= 4 is 5.91 Å². The van der Waals surface area contributed by atoms with Crippen LogP contribution in [0.2, 0.25) is 0 Å². The third kappa shape index (κ3) is 5.45. The number of nitrogens with one attached hydrogen (secondary N) is 2. The maximum absolute atomic E-state index is 12.0. The molecule has 1 heterocycles. The van der Waals surface area contributed by atoms with Crippen LogP contribution in [0.1, 0.15) is 23.8 Å². The van der Waals surface area contributed by atoms with Gasteiger partial charge in [0.15, 0.2) is 11.8 Å². The zero-order chi connectivity index (χ0) is 16.7. The van der Waals surface area contributed by atoms with Crippen molar-refractivity contribution in [2.24, 2.45) is 0 Å². The molecular formula is C18H25N2O3+. The summed E-state index contributed by atoms with van der Waals surface area (Å²) in [7, 11) is 4.08. The second-order valence-electron chi connectivity index (χ2n) is 5.86. The maximum atomic E-state index is 12.0. The van der Waals surface area contributed by atoms with Gasteiger partial charge < -0.3 is 19.4 Å². The Balaban J connectivity index is 1.74. The van der Waals surface area contributed by atoms with E-state index >= 15 is 0 Å². The Morgan fingerprint density at radius 3 is 2.78 bits per heavy atom. The van der Waals surface area contributed by atoms with Crippen LogP contribution in [0.5, 0.6) is 5.75 Å². The van der Waals surface area contributed by atoms with E-state index in [0.29, 0.717) is 19.6 Å². The number of hydrogen-bond acceptors (Lipinski definition) is 3. The Bertz CT molecular complexity index is 608. The molecule has 0 fully saturated rings. The molecule has 0 aliphatic rings. The van der Waals surface area contributed by atoms with E-state index in [2.05, 4.69) is 5.32 Å². The van der Waals surface area contributed by atoms with E-state index in [0.717, 1.165) is 17.1 Å². The fourth-order valence-corrected chi connectivity index (χ4v) is 2.35. The van der Waals surface area contributed by atoms with Gasteiger partial charge in [-0.1, -0.05) is 12.1 Å². The molecule has 0 saturated heterocycles. The minimum atomic E-state index is -0.0181. The van der Waals surface area contributed by atoms with Gasteiger partial charge in [0.1, 0.15) is 5.75 Å². The number of ether oxygens (including phenoxy) is 1. The Morgan fingerprint density at radius 1 is 1.30 bits per heavy atom. The molecule has 5 nitrogen and oxygen atoms in total. The normalized spacial score (nSPS) is 12.2. The number of benzene rings is 1. The first kappa shape index (κ1) is 17.1. The summed E-state index contributed by atoms with van der Waals surface area (Å²) in [5.41, 5.74) is 1.14. The quantitative estimate of drug-likeness (QED) is 0.773. The third-order valence-electron chi connectivity index (χ3n) is 3.67. The van der Waals surface area contributed by atoms with Crippen LogP contribution in [0.25, 0.3) is 0 Å². The minimum absolute atomic E-state index is 0.0181. The van der Waals surface area contributed by atoms with Gasteiger partial charge >= 0.3 is 0 Å². The van der Waals surface area contributed by atoms with Crippen LogP contribution in [-0.4, -0.2) is 33.2 Å². The summed E-state index contributed by atoms with van der Waals surface area (Å²) in [6.07, 6.45) is 1.99. The van der Waals surface area contributed by atoms with Crippen molar-refractivity contribution in [1.82, 2.24) is 5.32 Å². The standard InChI is InChI=1S/C18H24N2O3/c1-14-6-4-7-15(12-14)22-11-9-18(21)19-13-16(20(2)3)17-8-5-10-23-17/h4-8,10,12,16H,9,11,13H2,1-3H3,(H,19,21)/p+1/t16-/m0/s1. The number of likely N-dealkylation sites (N-methyl/N-ethyl adjacent to an activating group) is 1. The minimum Gasteiger partial charge on any atom is -0.493 e. The van der Waals surface area contributed by atoms with Crippen LogP contribution in [-0.2, 0) is 4.79 Å². The van der Waals surface area contributed by atoms with Crippen molar-refractivity contribution in [3.63, 3.8) is 0 Å².